The molecule has 0 amide bonds. The lowest BCUT2D eigenvalue weighted by molar-refractivity contribution is -0.136. The van der Waals surface area contributed by atoms with Crippen LogP contribution < -0.4 is 5.32 Å². The van der Waals surface area contributed by atoms with E-state index in [-0.39, 0.29) is 35.8 Å². The number of aliphatic hydroxyl groups is 1. The minimum Gasteiger partial charge on any atom is -0.481 e. The van der Waals surface area contributed by atoms with Crippen LogP contribution in [-0.2, 0) is 34.1 Å². The van der Waals surface area contributed by atoms with Crippen LogP contribution in [0.2, 0.25) is 0 Å². The molecule has 1 heterocycles. The molecule has 0 fully saturated rings. The van der Waals surface area contributed by atoms with Crippen molar-refractivity contribution < 1.29 is 27.8 Å². The first-order valence-electron chi connectivity index (χ1n) is 14.3. The van der Waals surface area contributed by atoms with Crippen molar-refractivity contribution in [2.24, 2.45) is 0 Å². The monoisotopic (exact) mass is 599 g/mol. The summed E-state index contributed by atoms with van der Waals surface area (Å²) in [6, 6.07) is 17.2. The predicted octanol–water partition coefficient (Wildman–Crippen LogP) is 4.84. The van der Waals surface area contributed by atoms with Crippen molar-refractivity contribution in [2.75, 3.05) is 20.1 Å². The van der Waals surface area contributed by atoms with Crippen molar-refractivity contribution in [1.29, 1.82) is 0 Å². The Balaban J connectivity index is 1.61. The third kappa shape index (κ3) is 9.42. The average Bonchev–Trinajstić information content (AvgIpc) is 2.95. The minimum absolute atomic E-state index is 0.0193. The number of nitrogens with one attached hydrogen (secondary N) is 1. The number of rotatable bonds is 16. The highest BCUT2D eigenvalue weighted by Crippen LogP contribution is 2.27. The van der Waals surface area contributed by atoms with Gasteiger partial charge in [0.1, 0.15) is 5.82 Å². The van der Waals surface area contributed by atoms with E-state index in [0.29, 0.717) is 41.8 Å². The Kier molecular flexibility index (Phi) is 11.8. The molecule has 3 N–H and O–H groups in total. The first kappa shape index (κ1) is 33.3. The predicted molar refractivity (Wildman–Crippen MR) is 162 cm³/mol. The number of carbonyl (C=O) groups is 1. The number of aromatic nitrogens is 1. The summed E-state index contributed by atoms with van der Waals surface area (Å²) >= 11 is 0. The van der Waals surface area contributed by atoms with E-state index in [1.807, 2.05) is 39.0 Å². The molecule has 0 aliphatic heterocycles. The van der Waals surface area contributed by atoms with Gasteiger partial charge < -0.3 is 15.5 Å². The number of nitrogens with zero attached hydrogens (tertiary/aromatic N) is 2. The number of pyridine rings is 1. The van der Waals surface area contributed by atoms with Gasteiger partial charge in [0, 0.05) is 43.4 Å². The largest absolute Gasteiger partial charge is 0.481 e. The molecule has 0 unspecified atom stereocenters. The molecular weight excluding hydrogens is 557 g/mol. The number of aryl methyl sites for hydroxylation is 3. The zero-order chi connectivity index (χ0) is 30.9. The summed E-state index contributed by atoms with van der Waals surface area (Å²) in [5, 5.41) is 23.0. The van der Waals surface area contributed by atoms with Gasteiger partial charge in [-0.05, 0) is 81.0 Å². The maximum absolute atomic E-state index is 13.9. The number of sulfonamides is 1. The molecule has 3 aromatic rings. The second-order valence-electron chi connectivity index (χ2n) is 11.2. The number of β-amino-alcohol motifs (C(OH)–C–C–N with tert-alkyl or cyclic N) is 1. The summed E-state index contributed by atoms with van der Waals surface area (Å²) in [5.74, 6) is -1.10. The molecule has 0 saturated heterocycles. The third-order valence-electron chi connectivity index (χ3n) is 7.32. The van der Waals surface area contributed by atoms with Crippen LogP contribution in [0.1, 0.15) is 56.9 Å². The maximum Gasteiger partial charge on any atom is 0.303 e. The Morgan fingerprint density at radius 2 is 1.81 bits per heavy atom. The normalized spacial score (nSPS) is 12.9. The molecule has 8 nitrogen and oxygen atoms in total. The topological polar surface area (TPSA) is 120 Å². The second-order valence-corrected chi connectivity index (χ2v) is 13.2. The molecule has 0 saturated carbocycles. The number of aliphatic hydroxyl groups excluding tert-OH is 1. The first-order chi connectivity index (χ1) is 19.8. The van der Waals surface area contributed by atoms with E-state index in [0.717, 1.165) is 18.4 Å². The molecule has 0 bridgehead atoms. The Bertz CT molecular complexity index is 1460. The van der Waals surface area contributed by atoms with Crippen LogP contribution in [0.5, 0.6) is 0 Å². The fraction of sp³-hybridized carbons (Fsp3) is 0.438. The van der Waals surface area contributed by atoms with Crippen molar-refractivity contribution in [2.45, 2.75) is 75.8 Å². The number of carboxylic acid groups (broad SMARTS) is 1. The van der Waals surface area contributed by atoms with Crippen LogP contribution in [0.4, 0.5) is 4.39 Å². The fourth-order valence-electron chi connectivity index (χ4n) is 4.81. The average molecular weight is 600 g/mol. The number of benzene rings is 2. The third-order valence-corrected chi connectivity index (χ3v) is 9.24. The summed E-state index contributed by atoms with van der Waals surface area (Å²) in [7, 11) is -2.42. The van der Waals surface area contributed by atoms with Crippen LogP contribution >= 0.6 is 0 Å². The van der Waals surface area contributed by atoms with Gasteiger partial charge in [-0.1, -0.05) is 37.3 Å². The van der Waals surface area contributed by atoms with Gasteiger partial charge in [-0.15, -0.1) is 0 Å². The fourth-order valence-corrected chi connectivity index (χ4v) is 6.29. The number of carboxylic acids is 1. The van der Waals surface area contributed by atoms with Crippen molar-refractivity contribution in [3.05, 3.63) is 83.3 Å². The van der Waals surface area contributed by atoms with Gasteiger partial charge in [-0.3, -0.25) is 9.78 Å². The Labute approximate surface area is 248 Å². The standard InChI is InChI=1S/C32H42FN3O5S/c1-5-23-20-25(29-14-8-12-26(35-29)16-18-31(38)39)15-17-30(23)42(40,41)36(4)22-27(37)21-34-32(2,3)19-9-11-24-10-6-7-13-28(24)33/h6-8,10,12-15,17,20,27,34,37H,5,9,11,16,18-19,21-22H2,1-4H3,(H,38,39)/t27-/m1/s1. The highest BCUT2D eigenvalue weighted by atomic mass is 32.2. The highest BCUT2D eigenvalue weighted by Gasteiger charge is 2.27. The summed E-state index contributed by atoms with van der Waals surface area (Å²) in [6.45, 7) is 6.01. The van der Waals surface area contributed by atoms with Crippen LogP contribution in [0.15, 0.2) is 65.6 Å². The molecule has 228 valence electrons. The van der Waals surface area contributed by atoms with Crippen molar-refractivity contribution in [3.63, 3.8) is 0 Å². The van der Waals surface area contributed by atoms with Crippen molar-refractivity contribution in [1.82, 2.24) is 14.6 Å². The molecule has 0 radical (unpaired) electrons. The summed E-state index contributed by atoms with van der Waals surface area (Å²) in [6.07, 6.45) is 1.97. The quantitative estimate of drug-likeness (QED) is 0.216. The lowest BCUT2D eigenvalue weighted by Gasteiger charge is -2.29. The Morgan fingerprint density at radius 1 is 1.07 bits per heavy atom. The van der Waals surface area contributed by atoms with E-state index in [1.165, 1.54) is 17.4 Å². The summed E-state index contributed by atoms with van der Waals surface area (Å²) < 4.78 is 42.1. The van der Waals surface area contributed by atoms with E-state index in [2.05, 4.69) is 10.3 Å². The zero-order valence-electron chi connectivity index (χ0n) is 24.8. The number of hydrogen-bond acceptors (Lipinski definition) is 6. The van der Waals surface area contributed by atoms with Gasteiger partial charge >= 0.3 is 5.97 Å². The van der Waals surface area contributed by atoms with Gasteiger partial charge in [0.05, 0.1) is 23.1 Å². The first-order valence-corrected chi connectivity index (χ1v) is 15.7. The maximum atomic E-state index is 13.9. The minimum atomic E-state index is -3.88. The van der Waals surface area contributed by atoms with E-state index in [9.17, 15) is 22.7 Å². The molecular formula is C32H42FN3O5S. The van der Waals surface area contributed by atoms with Gasteiger partial charge in [0.25, 0.3) is 0 Å². The van der Waals surface area contributed by atoms with Crippen LogP contribution in [0.3, 0.4) is 0 Å². The molecule has 1 aromatic heterocycles. The smallest absolute Gasteiger partial charge is 0.303 e. The summed E-state index contributed by atoms with van der Waals surface area (Å²) in [5.41, 5.74) is 3.02. The number of likely N-dealkylation sites (N-methyl/N-ethyl adjacent to an activating group) is 1. The number of halogens is 1. The Morgan fingerprint density at radius 3 is 2.50 bits per heavy atom. The van der Waals surface area contributed by atoms with Crippen LogP contribution in [0.25, 0.3) is 11.3 Å². The van der Waals surface area contributed by atoms with Crippen LogP contribution in [-0.4, -0.2) is 65.7 Å². The molecule has 10 heteroatoms. The SMILES string of the molecule is CCc1cc(-c2cccc(CCC(=O)O)n2)ccc1S(=O)(=O)N(C)C[C@H](O)CNC(C)(C)CCCc1ccccc1F. The van der Waals surface area contributed by atoms with Crippen molar-refractivity contribution in [3.8, 4) is 11.3 Å². The van der Waals surface area contributed by atoms with Crippen molar-refractivity contribution >= 4 is 16.0 Å². The molecule has 1 atom stereocenters. The number of hydrogen-bond donors (Lipinski definition) is 3. The highest BCUT2D eigenvalue weighted by molar-refractivity contribution is 7.89. The summed E-state index contributed by atoms with van der Waals surface area (Å²) in [4.78, 5) is 15.6. The van der Waals surface area contributed by atoms with Gasteiger partial charge in [0.2, 0.25) is 10.0 Å². The van der Waals surface area contributed by atoms with E-state index in [1.54, 1.807) is 36.4 Å². The molecule has 0 spiro atoms. The van der Waals surface area contributed by atoms with E-state index < -0.39 is 22.1 Å². The second kappa shape index (κ2) is 14.8. The Hall–Kier alpha value is -3.18. The van der Waals surface area contributed by atoms with E-state index >= 15 is 0 Å². The van der Waals surface area contributed by atoms with E-state index in [4.69, 9.17) is 5.11 Å². The lowest BCUT2D eigenvalue weighted by atomic mass is 9.95. The molecule has 0 aliphatic carbocycles. The van der Waals surface area contributed by atoms with Gasteiger partial charge in [0.15, 0.2) is 0 Å². The van der Waals surface area contributed by atoms with Crippen LogP contribution in [0, 0.1) is 5.82 Å². The molecule has 42 heavy (non-hydrogen) atoms. The van der Waals surface area contributed by atoms with Gasteiger partial charge in [-0.25, -0.2) is 12.8 Å². The lowest BCUT2D eigenvalue weighted by Crippen LogP contribution is -2.46. The zero-order valence-corrected chi connectivity index (χ0v) is 25.6. The molecule has 2 aromatic carbocycles. The molecule has 3 rings (SSSR count). The number of aliphatic carboxylic acids is 1. The molecule has 0 aliphatic rings. The van der Waals surface area contributed by atoms with Gasteiger partial charge in [-0.2, -0.15) is 4.31 Å².